The van der Waals surface area contributed by atoms with Gasteiger partial charge in [0.25, 0.3) is 0 Å². The molecule has 1 fully saturated rings. The predicted octanol–water partition coefficient (Wildman–Crippen LogP) is 2.99. The van der Waals surface area contributed by atoms with Gasteiger partial charge in [-0.25, -0.2) is 0 Å². The normalized spacial score (nSPS) is 20.8. The number of nitrogens with zero attached hydrogens (tertiary/aromatic N) is 1. The minimum absolute atomic E-state index is 0.628. The lowest BCUT2D eigenvalue weighted by Gasteiger charge is -2.24. The number of benzene rings is 1. The lowest BCUT2D eigenvalue weighted by Crippen LogP contribution is -2.36. The van der Waals surface area contributed by atoms with E-state index in [1.165, 1.54) is 30.5 Å². The van der Waals surface area contributed by atoms with Crippen LogP contribution < -0.4 is 5.32 Å². The van der Waals surface area contributed by atoms with Crippen LogP contribution in [0.15, 0.2) is 24.3 Å². The third-order valence-corrected chi connectivity index (χ3v) is 3.97. The van der Waals surface area contributed by atoms with Crippen LogP contribution in [0.3, 0.4) is 0 Å². The molecule has 1 heterocycles. The Morgan fingerprint density at radius 3 is 2.61 bits per heavy atom. The van der Waals surface area contributed by atoms with Crippen molar-refractivity contribution in [1.82, 2.24) is 10.2 Å². The molecule has 0 aromatic heterocycles. The fourth-order valence-electron chi connectivity index (χ4n) is 2.81. The minimum atomic E-state index is 0.628. The molecule has 18 heavy (non-hydrogen) atoms. The molecule has 1 N–H and O–H groups in total. The molecule has 1 aromatic rings. The first kappa shape index (κ1) is 13.6. The Morgan fingerprint density at radius 1 is 1.28 bits per heavy atom. The van der Waals surface area contributed by atoms with Crippen LogP contribution in [-0.2, 0) is 6.54 Å². The molecule has 1 saturated heterocycles. The fourth-order valence-corrected chi connectivity index (χ4v) is 2.81. The van der Waals surface area contributed by atoms with Crippen LogP contribution >= 0.6 is 0 Å². The Kier molecular flexibility index (Phi) is 4.79. The predicted molar refractivity (Wildman–Crippen MR) is 77.9 cm³/mol. The van der Waals surface area contributed by atoms with Crippen molar-refractivity contribution in [2.45, 2.75) is 45.2 Å². The fraction of sp³-hybridized carbons (Fsp3) is 0.625. The first-order chi connectivity index (χ1) is 8.70. The molecule has 0 aliphatic carbocycles. The van der Waals surface area contributed by atoms with Gasteiger partial charge in [-0.2, -0.15) is 0 Å². The molecule has 1 aromatic carbocycles. The van der Waals surface area contributed by atoms with Crippen LogP contribution in [0.4, 0.5) is 0 Å². The summed E-state index contributed by atoms with van der Waals surface area (Å²) in [6.07, 6.45) is 2.68. The Balaban J connectivity index is 1.96. The van der Waals surface area contributed by atoms with Gasteiger partial charge in [-0.05, 0) is 43.5 Å². The van der Waals surface area contributed by atoms with Crippen molar-refractivity contribution in [3.8, 4) is 0 Å². The van der Waals surface area contributed by atoms with Crippen molar-refractivity contribution < 1.29 is 0 Å². The number of hydrogen-bond acceptors (Lipinski definition) is 2. The molecule has 1 atom stereocenters. The Hall–Kier alpha value is -0.860. The number of likely N-dealkylation sites (tertiary alicyclic amines) is 1. The Bertz CT molecular complexity index is 356. The maximum Gasteiger partial charge on any atom is 0.0237 e. The van der Waals surface area contributed by atoms with E-state index in [0.717, 1.165) is 19.1 Å². The minimum Gasteiger partial charge on any atom is -0.318 e. The van der Waals surface area contributed by atoms with E-state index >= 15 is 0 Å². The van der Waals surface area contributed by atoms with Crippen LogP contribution in [0.1, 0.15) is 43.7 Å². The second kappa shape index (κ2) is 6.35. The monoisotopic (exact) mass is 246 g/mol. The van der Waals surface area contributed by atoms with E-state index < -0.39 is 0 Å². The zero-order chi connectivity index (χ0) is 13.0. The van der Waals surface area contributed by atoms with Gasteiger partial charge in [0.1, 0.15) is 0 Å². The quantitative estimate of drug-likeness (QED) is 0.859. The smallest absolute Gasteiger partial charge is 0.0237 e. The number of hydrogen-bond donors (Lipinski definition) is 1. The van der Waals surface area contributed by atoms with E-state index in [0.29, 0.717) is 5.92 Å². The average molecular weight is 246 g/mol. The van der Waals surface area contributed by atoms with Gasteiger partial charge < -0.3 is 5.32 Å². The molecule has 2 heteroatoms. The van der Waals surface area contributed by atoms with Gasteiger partial charge >= 0.3 is 0 Å². The molecule has 100 valence electrons. The molecule has 0 saturated carbocycles. The Morgan fingerprint density at radius 2 is 2.00 bits per heavy atom. The topological polar surface area (TPSA) is 15.3 Å². The summed E-state index contributed by atoms with van der Waals surface area (Å²) in [5.41, 5.74) is 2.88. The molecule has 0 bridgehead atoms. The molecule has 0 amide bonds. The van der Waals surface area contributed by atoms with Crippen molar-refractivity contribution in [2.24, 2.45) is 0 Å². The van der Waals surface area contributed by atoms with E-state index in [4.69, 9.17) is 0 Å². The van der Waals surface area contributed by atoms with Crippen molar-refractivity contribution in [2.75, 3.05) is 20.1 Å². The largest absolute Gasteiger partial charge is 0.318 e. The zero-order valence-corrected chi connectivity index (χ0v) is 11.9. The molecule has 1 unspecified atom stereocenters. The second-order valence-electron chi connectivity index (χ2n) is 5.72. The van der Waals surface area contributed by atoms with Crippen LogP contribution in [0.2, 0.25) is 0 Å². The van der Waals surface area contributed by atoms with Crippen molar-refractivity contribution >= 4 is 0 Å². The van der Waals surface area contributed by atoms with Gasteiger partial charge in [-0.3, -0.25) is 4.90 Å². The average Bonchev–Trinajstić information content (AvgIpc) is 2.78. The highest BCUT2D eigenvalue weighted by atomic mass is 15.2. The molecule has 2 rings (SSSR count). The SMILES string of the molecule is CNCC1CCCN1Cc1ccc(C(C)C)cc1. The summed E-state index contributed by atoms with van der Waals surface area (Å²) in [7, 11) is 2.05. The maximum absolute atomic E-state index is 3.31. The van der Waals surface area contributed by atoms with Gasteiger partial charge in [-0.1, -0.05) is 38.1 Å². The summed E-state index contributed by atoms with van der Waals surface area (Å²) in [5, 5.41) is 3.31. The van der Waals surface area contributed by atoms with Gasteiger partial charge in [0.15, 0.2) is 0 Å². The summed E-state index contributed by atoms with van der Waals surface area (Å²) in [5.74, 6) is 0.628. The maximum atomic E-state index is 3.31. The van der Waals surface area contributed by atoms with Crippen LogP contribution in [0.25, 0.3) is 0 Å². The van der Waals surface area contributed by atoms with Gasteiger partial charge in [0.05, 0.1) is 0 Å². The molecule has 1 aliphatic rings. The van der Waals surface area contributed by atoms with Crippen LogP contribution in [0.5, 0.6) is 0 Å². The van der Waals surface area contributed by atoms with Crippen LogP contribution in [-0.4, -0.2) is 31.1 Å². The lowest BCUT2D eigenvalue weighted by atomic mass is 10.0. The molecule has 1 aliphatic heterocycles. The van der Waals surface area contributed by atoms with Crippen molar-refractivity contribution in [1.29, 1.82) is 0 Å². The van der Waals surface area contributed by atoms with E-state index in [1.54, 1.807) is 0 Å². The summed E-state index contributed by atoms with van der Waals surface area (Å²) in [6, 6.07) is 9.88. The highest BCUT2D eigenvalue weighted by Crippen LogP contribution is 2.21. The van der Waals surface area contributed by atoms with E-state index in [-0.39, 0.29) is 0 Å². The second-order valence-corrected chi connectivity index (χ2v) is 5.72. The number of nitrogens with one attached hydrogen (secondary N) is 1. The van der Waals surface area contributed by atoms with Crippen LogP contribution in [0, 0.1) is 0 Å². The first-order valence-corrected chi connectivity index (χ1v) is 7.18. The molecule has 2 nitrogen and oxygen atoms in total. The molecular formula is C16H26N2. The van der Waals surface area contributed by atoms with Crippen molar-refractivity contribution in [3.05, 3.63) is 35.4 Å². The third-order valence-electron chi connectivity index (χ3n) is 3.97. The molecule has 0 spiro atoms. The Labute approximate surface area is 111 Å². The van der Waals surface area contributed by atoms with Gasteiger partial charge in [0, 0.05) is 19.1 Å². The van der Waals surface area contributed by atoms with Crippen molar-refractivity contribution in [3.63, 3.8) is 0 Å². The molecular weight excluding hydrogens is 220 g/mol. The van der Waals surface area contributed by atoms with E-state index in [1.807, 2.05) is 7.05 Å². The summed E-state index contributed by atoms with van der Waals surface area (Å²) < 4.78 is 0. The highest BCUT2D eigenvalue weighted by Gasteiger charge is 2.23. The highest BCUT2D eigenvalue weighted by molar-refractivity contribution is 5.24. The zero-order valence-electron chi connectivity index (χ0n) is 11.9. The summed E-state index contributed by atoms with van der Waals surface area (Å²) in [4.78, 5) is 2.61. The standard InChI is InChI=1S/C16H26N2/c1-13(2)15-8-6-14(7-9-15)12-18-10-4-5-16(18)11-17-3/h6-9,13,16-17H,4-5,10-12H2,1-3H3. The first-order valence-electron chi connectivity index (χ1n) is 7.18. The van der Waals surface area contributed by atoms with Gasteiger partial charge in [-0.15, -0.1) is 0 Å². The third kappa shape index (κ3) is 3.33. The molecule has 0 radical (unpaired) electrons. The number of likely N-dealkylation sites (N-methyl/N-ethyl adjacent to an activating group) is 1. The summed E-state index contributed by atoms with van der Waals surface area (Å²) >= 11 is 0. The van der Waals surface area contributed by atoms with E-state index in [2.05, 4.69) is 48.3 Å². The summed E-state index contributed by atoms with van der Waals surface area (Å²) in [6.45, 7) is 7.96. The van der Waals surface area contributed by atoms with E-state index in [9.17, 15) is 0 Å². The van der Waals surface area contributed by atoms with Gasteiger partial charge in [0.2, 0.25) is 0 Å². The number of rotatable bonds is 5. The lowest BCUT2D eigenvalue weighted by molar-refractivity contribution is 0.242.